The fourth-order valence-electron chi connectivity index (χ4n) is 1.55. The number of nitrogens with one attached hydrogen (secondary N) is 1. The van der Waals surface area contributed by atoms with Gasteiger partial charge in [-0.1, -0.05) is 25.1 Å². The Hall–Kier alpha value is -0.340. The molecule has 0 aliphatic heterocycles. The minimum absolute atomic E-state index is 0.0636. The molecule has 0 amide bonds. The van der Waals surface area contributed by atoms with E-state index in [1.807, 2.05) is 30.8 Å². The lowest BCUT2D eigenvalue weighted by Gasteiger charge is -2.13. The average molecular weight is 258 g/mol. The van der Waals surface area contributed by atoms with Gasteiger partial charge in [0, 0.05) is 12.2 Å². The van der Waals surface area contributed by atoms with E-state index in [9.17, 15) is 0 Å². The lowest BCUT2D eigenvalue weighted by atomic mass is 10.1. The summed E-state index contributed by atoms with van der Waals surface area (Å²) in [5.74, 6) is 2.43. The van der Waals surface area contributed by atoms with Gasteiger partial charge in [0.05, 0.1) is 5.38 Å². The molecule has 0 saturated heterocycles. The van der Waals surface area contributed by atoms with Crippen LogP contribution in [0, 0.1) is 0 Å². The Morgan fingerprint density at radius 2 is 2.12 bits per heavy atom. The van der Waals surface area contributed by atoms with E-state index in [4.69, 9.17) is 11.6 Å². The van der Waals surface area contributed by atoms with Crippen LogP contribution >= 0.6 is 23.4 Å². The first-order chi connectivity index (χ1) is 7.75. The maximum atomic E-state index is 6.13. The Kier molecular flexibility index (Phi) is 6.74. The van der Waals surface area contributed by atoms with Gasteiger partial charge in [0.1, 0.15) is 0 Å². The van der Waals surface area contributed by atoms with Crippen molar-refractivity contribution < 1.29 is 0 Å². The number of benzene rings is 1. The molecule has 0 saturated carbocycles. The van der Waals surface area contributed by atoms with Gasteiger partial charge in [0.25, 0.3) is 0 Å². The normalized spacial score (nSPS) is 12.4. The molecule has 16 heavy (non-hydrogen) atoms. The highest BCUT2D eigenvalue weighted by molar-refractivity contribution is 7.99. The predicted octanol–water partition coefficient (Wildman–Crippen LogP) is 4.54. The van der Waals surface area contributed by atoms with E-state index in [-0.39, 0.29) is 5.38 Å². The molecule has 1 nitrogen and oxygen atoms in total. The standard InChI is InChI=1S/C13H20ClNS/c1-3-16-10-6-9-15-13-8-5-4-7-12(13)11(2)14/h4-5,7-8,11,15H,3,6,9-10H2,1-2H3. The molecular formula is C13H20ClNS. The molecule has 1 aromatic rings. The molecule has 3 heteroatoms. The van der Waals surface area contributed by atoms with Crippen molar-refractivity contribution in [2.45, 2.75) is 25.6 Å². The number of alkyl halides is 1. The van der Waals surface area contributed by atoms with E-state index in [0.717, 1.165) is 6.54 Å². The summed E-state index contributed by atoms with van der Waals surface area (Å²) >= 11 is 8.11. The third-order valence-electron chi connectivity index (χ3n) is 2.37. The fraction of sp³-hybridized carbons (Fsp3) is 0.538. The molecule has 1 unspecified atom stereocenters. The number of para-hydroxylation sites is 1. The Labute approximate surface area is 108 Å². The minimum atomic E-state index is 0.0636. The van der Waals surface area contributed by atoms with Gasteiger partial charge in [0.15, 0.2) is 0 Å². The van der Waals surface area contributed by atoms with Crippen molar-refractivity contribution in [2.24, 2.45) is 0 Å². The predicted molar refractivity (Wildman–Crippen MR) is 76.8 cm³/mol. The van der Waals surface area contributed by atoms with Crippen LogP contribution in [-0.4, -0.2) is 18.1 Å². The largest absolute Gasteiger partial charge is 0.385 e. The third-order valence-corrected chi connectivity index (χ3v) is 3.60. The van der Waals surface area contributed by atoms with Crippen LogP contribution in [0.2, 0.25) is 0 Å². The van der Waals surface area contributed by atoms with Crippen molar-refractivity contribution >= 4 is 29.1 Å². The smallest absolute Gasteiger partial charge is 0.0577 e. The lowest BCUT2D eigenvalue weighted by molar-refractivity contribution is 0.979. The lowest BCUT2D eigenvalue weighted by Crippen LogP contribution is -2.05. The summed E-state index contributed by atoms with van der Waals surface area (Å²) in [4.78, 5) is 0. The zero-order valence-corrected chi connectivity index (χ0v) is 11.6. The van der Waals surface area contributed by atoms with Gasteiger partial charge in [0.2, 0.25) is 0 Å². The highest BCUT2D eigenvalue weighted by atomic mass is 35.5. The molecule has 0 aliphatic rings. The summed E-state index contributed by atoms with van der Waals surface area (Å²) in [6.07, 6.45) is 1.20. The number of rotatable bonds is 7. The monoisotopic (exact) mass is 257 g/mol. The number of hydrogen-bond acceptors (Lipinski definition) is 2. The molecule has 0 spiro atoms. The quantitative estimate of drug-likeness (QED) is 0.569. The second kappa shape index (κ2) is 7.86. The van der Waals surface area contributed by atoms with Gasteiger partial charge in [-0.25, -0.2) is 0 Å². The molecular weight excluding hydrogens is 238 g/mol. The van der Waals surface area contributed by atoms with Gasteiger partial charge < -0.3 is 5.32 Å². The van der Waals surface area contributed by atoms with Crippen LogP contribution < -0.4 is 5.32 Å². The summed E-state index contributed by atoms with van der Waals surface area (Å²) in [5, 5.41) is 3.52. The maximum absolute atomic E-state index is 6.13. The number of halogens is 1. The molecule has 0 fully saturated rings. The zero-order chi connectivity index (χ0) is 11.8. The molecule has 1 rings (SSSR count). The number of thioether (sulfide) groups is 1. The minimum Gasteiger partial charge on any atom is -0.385 e. The summed E-state index contributed by atoms with van der Waals surface area (Å²) in [6.45, 7) is 5.23. The second-order valence-electron chi connectivity index (χ2n) is 3.68. The van der Waals surface area contributed by atoms with Crippen LogP contribution in [0.4, 0.5) is 5.69 Å². The highest BCUT2D eigenvalue weighted by Gasteiger charge is 2.05. The van der Waals surface area contributed by atoms with E-state index in [2.05, 4.69) is 24.4 Å². The van der Waals surface area contributed by atoms with Crippen LogP contribution in [-0.2, 0) is 0 Å². The van der Waals surface area contributed by atoms with Crippen molar-refractivity contribution in [3.8, 4) is 0 Å². The molecule has 1 N–H and O–H groups in total. The van der Waals surface area contributed by atoms with Gasteiger partial charge in [-0.2, -0.15) is 11.8 Å². The molecule has 90 valence electrons. The first-order valence-electron chi connectivity index (χ1n) is 5.80. The summed E-state index contributed by atoms with van der Waals surface area (Å²) in [5.41, 5.74) is 2.36. The van der Waals surface area contributed by atoms with Gasteiger partial charge in [-0.05, 0) is 36.5 Å². The van der Waals surface area contributed by atoms with Crippen molar-refractivity contribution in [1.29, 1.82) is 0 Å². The molecule has 0 heterocycles. The number of hydrogen-bond donors (Lipinski definition) is 1. The Morgan fingerprint density at radius 3 is 2.81 bits per heavy atom. The van der Waals surface area contributed by atoms with Crippen molar-refractivity contribution in [1.82, 2.24) is 0 Å². The summed E-state index contributed by atoms with van der Waals surface area (Å²) < 4.78 is 0. The van der Waals surface area contributed by atoms with Crippen LogP contribution in [0.3, 0.4) is 0 Å². The van der Waals surface area contributed by atoms with Crippen molar-refractivity contribution in [2.75, 3.05) is 23.4 Å². The van der Waals surface area contributed by atoms with Gasteiger partial charge in [-0.15, -0.1) is 11.6 Å². The van der Waals surface area contributed by atoms with Crippen LogP contribution in [0.1, 0.15) is 31.2 Å². The first-order valence-corrected chi connectivity index (χ1v) is 7.39. The van der Waals surface area contributed by atoms with Crippen LogP contribution in [0.5, 0.6) is 0 Å². The summed E-state index contributed by atoms with van der Waals surface area (Å²) in [6, 6.07) is 8.26. The SMILES string of the molecule is CCSCCCNc1ccccc1C(C)Cl. The van der Waals surface area contributed by atoms with E-state index in [1.54, 1.807) is 0 Å². The van der Waals surface area contributed by atoms with Crippen LogP contribution in [0.25, 0.3) is 0 Å². The number of anilines is 1. The van der Waals surface area contributed by atoms with Crippen molar-refractivity contribution in [3.63, 3.8) is 0 Å². The van der Waals surface area contributed by atoms with E-state index < -0.39 is 0 Å². The third kappa shape index (κ3) is 4.67. The molecule has 0 aromatic heterocycles. The highest BCUT2D eigenvalue weighted by Crippen LogP contribution is 2.26. The Morgan fingerprint density at radius 1 is 1.38 bits per heavy atom. The summed E-state index contributed by atoms with van der Waals surface area (Å²) in [7, 11) is 0. The van der Waals surface area contributed by atoms with Crippen LogP contribution in [0.15, 0.2) is 24.3 Å². The fourth-order valence-corrected chi connectivity index (χ4v) is 2.37. The van der Waals surface area contributed by atoms with Gasteiger partial charge in [-0.3, -0.25) is 0 Å². The molecule has 1 atom stereocenters. The molecule has 1 aromatic carbocycles. The molecule has 0 radical (unpaired) electrons. The zero-order valence-electron chi connectivity index (χ0n) is 10.0. The first kappa shape index (κ1) is 13.7. The van der Waals surface area contributed by atoms with Crippen molar-refractivity contribution in [3.05, 3.63) is 29.8 Å². The van der Waals surface area contributed by atoms with E-state index in [1.165, 1.54) is 29.2 Å². The second-order valence-corrected chi connectivity index (χ2v) is 5.73. The van der Waals surface area contributed by atoms with E-state index in [0.29, 0.717) is 0 Å². The molecule has 0 bridgehead atoms. The maximum Gasteiger partial charge on any atom is 0.0577 e. The average Bonchev–Trinajstić information content (AvgIpc) is 2.29. The molecule has 0 aliphatic carbocycles. The topological polar surface area (TPSA) is 12.0 Å². The Balaban J connectivity index is 2.41. The Bertz CT molecular complexity index is 302. The van der Waals surface area contributed by atoms with Gasteiger partial charge >= 0.3 is 0 Å². The van der Waals surface area contributed by atoms with E-state index >= 15 is 0 Å².